The fourth-order valence-electron chi connectivity index (χ4n) is 3.08. The van der Waals surface area contributed by atoms with Gasteiger partial charge in [-0.3, -0.25) is 0 Å². The maximum Gasteiger partial charge on any atom is 0.164 e. The van der Waals surface area contributed by atoms with Gasteiger partial charge in [-0.1, -0.05) is 12.8 Å². The first-order chi connectivity index (χ1) is 10.3. The van der Waals surface area contributed by atoms with Crippen LogP contribution in [0.3, 0.4) is 0 Å². The van der Waals surface area contributed by atoms with E-state index in [1.165, 1.54) is 30.7 Å². The van der Waals surface area contributed by atoms with Crippen molar-refractivity contribution >= 4 is 28.4 Å². The molecule has 0 saturated heterocycles. The monoisotopic (exact) mass is 300 g/mol. The molecule has 0 amide bonds. The number of fused-ring (bicyclic) bond motifs is 1. The second-order valence-electron chi connectivity index (χ2n) is 5.53. The van der Waals surface area contributed by atoms with Crippen molar-refractivity contribution in [3.8, 4) is 10.6 Å². The Morgan fingerprint density at radius 2 is 2.10 bits per heavy atom. The van der Waals surface area contributed by atoms with E-state index in [4.69, 9.17) is 10.8 Å². The summed E-state index contributed by atoms with van der Waals surface area (Å²) in [5.74, 6) is 0.493. The van der Waals surface area contributed by atoms with E-state index in [-0.39, 0.29) is 0 Å². The largest absolute Gasteiger partial charge is 0.383 e. The molecule has 0 aromatic carbocycles. The zero-order valence-corrected chi connectivity index (χ0v) is 12.6. The van der Waals surface area contributed by atoms with Crippen LogP contribution in [0.5, 0.6) is 0 Å². The molecule has 108 valence electrons. The van der Waals surface area contributed by atoms with Gasteiger partial charge in [-0.05, 0) is 36.9 Å². The summed E-state index contributed by atoms with van der Waals surface area (Å²) in [5, 5.41) is 5.70. The number of nitrogens with zero attached hydrogens (tertiary/aromatic N) is 5. The van der Waals surface area contributed by atoms with Crippen molar-refractivity contribution in [2.45, 2.75) is 38.6 Å². The van der Waals surface area contributed by atoms with Gasteiger partial charge in [0.05, 0.1) is 16.3 Å². The third-order valence-corrected chi connectivity index (χ3v) is 5.06. The van der Waals surface area contributed by atoms with Crippen LogP contribution in [0, 0.1) is 6.92 Å². The number of nitrogen functional groups attached to an aromatic ring is 1. The SMILES string of the molecule is Cc1cnsc1-c1nn(C2CCCC2)c2ncnc(N)c12. The molecule has 0 bridgehead atoms. The standard InChI is InChI=1S/C14H16N6S/c1-8-6-18-21-12(8)11-10-13(15)16-7-17-14(10)20(19-11)9-4-2-3-5-9/h6-7,9H,2-5H2,1H3,(H2,15,16,17). The second-order valence-corrected chi connectivity index (χ2v) is 6.33. The summed E-state index contributed by atoms with van der Waals surface area (Å²) in [6, 6.07) is 0.420. The number of aromatic nitrogens is 5. The van der Waals surface area contributed by atoms with Crippen molar-refractivity contribution in [1.82, 2.24) is 24.1 Å². The van der Waals surface area contributed by atoms with E-state index in [0.717, 1.165) is 40.0 Å². The van der Waals surface area contributed by atoms with Crippen molar-refractivity contribution in [2.24, 2.45) is 0 Å². The summed E-state index contributed by atoms with van der Waals surface area (Å²) in [5.41, 5.74) is 8.93. The molecule has 0 radical (unpaired) electrons. The predicted molar refractivity (Wildman–Crippen MR) is 83.1 cm³/mol. The molecule has 4 rings (SSSR count). The first-order valence-corrected chi connectivity index (χ1v) is 7.93. The van der Waals surface area contributed by atoms with E-state index in [9.17, 15) is 0 Å². The van der Waals surface area contributed by atoms with Crippen LogP contribution < -0.4 is 5.73 Å². The number of nitrogens with two attached hydrogens (primary N) is 1. The van der Waals surface area contributed by atoms with Crippen LogP contribution in [0.25, 0.3) is 21.6 Å². The first kappa shape index (κ1) is 12.7. The van der Waals surface area contributed by atoms with Gasteiger partial charge in [0, 0.05) is 6.20 Å². The highest BCUT2D eigenvalue weighted by Gasteiger charge is 2.25. The van der Waals surface area contributed by atoms with Gasteiger partial charge < -0.3 is 5.73 Å². The number of aryl methyl sites for hydroxylation is 1. The van der Waals surface area contributed by atoms with Crippen LogP contribution in [0.15, 0.2) is 12.5 Å². The molecule has 1 saturated carbocycles. The van der Waals surface area contributed by atoms with Crippen molar-refractivity contribution in [3.05, 3.63) is 18.1 Å². The quantitative estimate of drug-likeness (QED) is 0.786. The average molecular weight is 300 g/mol. The Labute approximate surface area is 126 Å². The summed E-state index contributed by atoms with van der Waals surface area (Å²) in [6.45, 7) is 2.04. The number of rotatable bonds is 2. The molecule has 21 heavy (non-hydrogen) atoms. The topological polar surface area (TPSA) is 82.5 Å². The van der Waals surface area contributed by atoms with Gasteiger partial charge in [-0.2, -0.15) is 5.10 Å². The van der Waals surface area contributed by atoms with Gasteiger partial charge in [-0.25, -0.2) is 19.0 Å². The molecule has 0 atom stereocenters. The zero-order chi connectivity index (χ0) is 14.4. The van der Waals surface area contributed by atoms with Crippen molar-refractivity contribution in [3.63, 3.8) is 0 Å². The molecule has 0 spiro atoms. The zero-order valence-electron chi connectivity index (χ0n) is 11.8. The minimum Gasteiger partial charge on any atom is -0.383 e. The molecule has 7 heteroatoms. The van der Waals surface area contributed by atoms with Gasteiger partial charge in [-0.15, -0.1) is 0 Å². The molecule has 1 aliphatic rings. The lowest BCUT2D eigenvalue weighted by Gasteiger charge is -2.09. The Morgan fingerprint density at radius 1 is 1.29 bits per heavy atom. The molecule has 0 unspecified atom stereocenters. The Kier molecular flexibility index (Phi) is 2.88. The van der Waals surface area contributed by atoms with Crippen LogP contribution in [0.4, 0.5) is 5.82 Å². The van der Waals surface area contributed by atoms with E-state index in [1.807, 2.05) is 13.1 Å². The van der Waals surface area contributed by atoms with Crippen LogP contribution in [-0.2, 0) is 0 Å². The fraction of sp³-hybridized carbons (Fsp3) is 0.429. The van der Waals surface area contributed by atoms with Crippen LogP contribution in [0.1, 0.15) is 37.3 Å². The van der Waals surface area contributed by atoms with E-state index in [1.54, 1.807) is 0 Å². The summed E-state index contributed by atoms with van der Waals surface area (Å²) in [7, 11) is 0. The van der Waals surface area contributed by atoms with Crippen molar-refractivity contribution in [2.75, 3.05) is 5.73 Å². The highest BCUT2D eigenvalue weighted by Crippen LogP contribution is 2.38. The van der Waals surface area contributed by atoms with E-state index in [0.29, 0.717) is 11.9 Å². The smallest absolute Gasteiger partial charge is 0.164 e. The lowest BCUT2D eigenvalue weighted by molar-refractivity contribution is 0.480. The molecule has 3 heterocycles. The molecule has 3 aromatic rings. The van der Waals surface area contributed by atoms with E-state index >= 15 is 0 Å². The van der Waals surface area contributed by atoms with Gasteiger partial charge in [0.15, 0.2) is 5.65 Å². The summed E-state index contributed by atoms with van der Waals surface area (Å²) < 4.78 is 6.30. The predicted octanol–water partition coefficient (Wildman–Crippen LogP) is 2.96. The number of hydrogen-bond acceptors (Lipinski definition) is 6. The minimum absolute atomic E-state index is 0.420. The Morgan fingerprint density at radius 3 is 2.81 bits per heavy atom. The van der Waals surface area contributed by atoms with Crippen molar-refractivity contribution in [1.29, 1.82) is 0 Å². The van der Waals surface area contributed by atoms with Gasteiger partial charge in [0.1, 0.15) is 17.8 Å². The Balaban J connectivity index is 2.00. The highest BCUT2D eigenvalue weighted by molar-refractivity contribution is 7.09. The van der Waals surface area contributed by atoms with E-state index in [2.05, 4.69) is 19.0 Å². The molecule has 2 N–H and O–H groups in total. The van der Waals surface area contributed by atoms with Crippen molar-refractivity contribution < 1.29 is 0 Å². The van der Waals surface area contributed by atoms with E-state index < -0.39 is 0 Å². The summed E-state index contributed by atoms with van der Waals surface area (Å²) in [6.07, 6.45) is 8.20. The van der Waals surface area contributed by atoms with Crippen LogP contribution in [0.2, 0.25) is 0 Å². The van der Waals surface area contributed by atoms with Crippen LogP contribution in [-0.4, -0.2) is 24.1 Å². The molecular weight excluding hydrogens is 284 g/mol. The van der Waals surface area contributed by atoms with Crippen LogP contribution >= 0.6 is 11.5 Å². The Hall–Kier alpha value is -2.02. The third-order valence-electron chi connectivity index (χ3n) is 4.15. The maximum atomic E-state index is 6.10. The average Bonchev–Trinajstić information content (AvgIpc) is 3.17. The normalized spacial score (nSPS) is 16.0. The second kappa shape index (κ2) is 4.77. The molecule has 1 fully saturated rings. The minimum atomic E-state index is 0.420. The first-order valence-electron chi connectivity index (χ1n) is 7.16. The molecule has 0 aliphatic heterocycles. The molecule has 1 aliphatic carbocycles. The van der Waals surface area contributed by atoms with Gasteiger partial charge >= 0.3 is 0 Å². The number of anilines is 1. The molecular formula is C14H16N6S. The fourth-order valence-corrected chi connectivity index (χ4v) is 3.82. The number of hydrogen-bond donors (Lipinski definition) is 1. The summed E-state index contributed by atoms with van der Waals surface area (Å²) >= 11 is 1.45. The summed E-state index contributed by atoms with van der Waals surface area (Å²) in [4.78, 5) is 9.64. The van der Waals surface area contributed by atoms with Gasteiger partial charge in [0.25, 0.3) is 0 Å². The Bertz CT molecular complexity index is 799. The molecule has 3 aromatic heterocycles. The highest BCUT2D eigenvalue weighted by atomic mass is 32.1. The maximum absolute atomic E-state index is 6.10. The van der Waals surface area contributed by atoms with Gasteiger partial charge in [0.2, 0.25) is 0 Å². The third kappa shape index (κ3) is 1.91. The molecule has 6 nitrogen and oxygen atoms in total. The lowest BCUT2D eigenvalue weighted by Crippen LogP contribution is -2.07. The lowest BCUT2D eigenvalue weighted by atomic mass is 10.2.